The molecule has 0 fully saturated rings. The largest absolute Gasteiger partial charge is 0.386 e. The predicted octanol–water partition coefficient (Wildman–Crippen LogP) is 3.52. The number of aromatic nitrogens is 1. The Morgan fingerprint density at radius 3 is 2.42 bits per heavy atom. The minimum atomic E-state index is -0.641. The van der Waals surface area contributed by atoms with Crippen molar-refractivity contribution in [3.63, 3.8) is 0 Å². The molecule has 1 atom stereocenters. The number of guanidine groups is 1. The molecule has 0 saturated heterocycles. The summed E-state index contributed by atoms with van der Waals surface area (Å²) < 4.78 is 1.81. The highest BCUT2D eigenvalue weighted by Gasteiger charge is 2.14. The van der Waals surface area contributed by atoms with E-state index in [4.69, 9.17) is 0 Å². The van der Waals surface area contributed by atoms with Crippen molar-refractivity contribution in [2.45, 2.75) is 65.5 Å². The normalized spacial score (nSPS) is 13.2. The van der Waals surface area contributed by atoms with E-state index in [2.05, 4.69) is 48.5 Å². The van der Waals surface area contributed by atoms with Crippen LogP contribution < -0.4 is 16.2 Å². The average molecular weight is 427 g/mol. The van der Waals surface area contributed by atoms with Gasteiger partial charge in [0.15, 0.2) is 5.96 Å². The van der Waals surface area contributed by atoms with E-state index in [0.717, 1.165) is 37.2 Å². The molecule has 3 N–H and O–H groups in total. The number of aliphatic hydroxyl groups is 1. The van der Waals surface area contributed by atoms with Gasteiger partial charge in [-0.05, 0) is 49.3 Å². The fraction of sp³-hybridized carbons (Fsp3) is 0.520. The summed E-state index contributed by atoms with van der Waals surface area (Å²) in [5, 5.41) is 17.1. The standard InChI is InChI=1S/C25H38N4O2/c1-6-26-24(27-16-7-8-17-29-19(2)10-9-11-23(29)31)28-18-22(30)20-12-14-21(15-13-20)25(3,4)5/h9-15,22,30H,6-8,16-18H2,1-5H3,(H2,26,27,28). The highest BCUT2D eigenvalue weighted by Crippen LogP contribution is 2.24. The summed E-state index contributed by atoms with van der Waals surface area (Å²) >= 11 is 0. The zero-order valence-electron chi connectivity index (χ0n) is 19.6. The summed E-state index contributed by atoms with van der Waals surface area (Å²) in [7, 11) is 0. The second kappa shape index (κ2) is 11.7. The van der Waals surface area contributed by atoms with Crippen molar-refractivity contribution in [1.29, 1.82) is 0 Å². The van der Waals surface area contributed by atoms with E-state index in [1.807, 2.05) is 32.0 Å². The number of nitrogens with one attached hydrogen (secondary N) is 2. The Kier molecular flexibility index (Phi) is 9.31. The Balaban J connectivity index is 1.83. The number of hydrogen-bond acceptors (Lipinski definition) is 3. The number of aliphatic imine (C=N–C) groups is 1. The Hall–Kier alpha value is -2.60. The Morgan fingerprint density at radius 1 is 1.10 bits per heavy atom. The maximum atomic E-state index is 11.9. The quantitative estimate of drug-likeness (QED) is 0.326. The van der Waals surface area contributed by atoms with Crippen LogP contribution in [-0.2, 0) is 12.0 Å². The van der Waals surface area contributed by atoms with E-state index in [1.54, 1.807) is 16.7 Å². The number of aliphatic hydroxyl groups excluding tert-OH is 1. The number of benzene rings is 1. The maximum absolute atomic E-state index is 11.9. The van der Waals surface area contributed by atoms with Gasteiger partial charge in [-0.3, -0.25) is 9.79 Å². The van der Waals surface area contributed by atoms with E-state index in [0.29, 0.717) is 19.0 Å². The van der Waals surface area contributed by atoms with Crippen LogP contribution in [0.3, 0.4) is 0 Å². The maximum Gasteiger partial charge on any atom is 0.250 e. The van der Waals surface area contributed by atoms with Crippen molar-refractivity contribution in [2.75, 3.05) is 19.6 Å². The van der Waals surface area contributed by atoms with E-state index >= 15 is 0 Å². The van der Waals surface area contributed by atoms with Crippen molar-refractivity contribution >= 4 is 5.96 Å². The molecule has 0 aliphatic rings. The number of unbranched alkanes of at least 4 members (excludes halogenated alkanes) is 1. The molecule has 0 aliphatic carbocycles. The third kappa shape index (κ3) is 7.87. The number of rotatable bonds is 9. The van der Waals surface area contributed by atoms with Gasteiger partial charge in [0.25, 0.3) is 5.56 Å². The molecule has 0 radical (unpaired) electrons. The van der Waals surface area contributed by atoms with Gasteiger partial charge in [-0.1, -0.05) is 51.1 Å². The zero-order chi connectivity index (χ0) is 22.9. The third-order valence-electron chi connectivity index (χ3n) is 5.30. The Bertz CT molecular complexity index is 895. The van der Waals surface area contributed by atoms with Crippen LogP contribution in [0.4, 0.5) is 0 Å². The molecule has 1 unspecified atom stereocenters. The fourth-order valence-corrected chi connectivity index (χ4v) is 3.34. The first-order valence-corrected chi connectivity index (χ1v) is 11.2. The molecule has 1 aromatic heterocycles. The van der Waals surface area contributed by atoms with Crippen LogP contribution >= 0.6 is 0 Å². The minimum Gasteiger partial charge on any atom is -0.386 e. The van der Waals surface area contributed by atoms with Crippen LogP contribution in [0.25, 0.3) is 0 Å². The van der Waals surface area contributed by atoms with Crippen LogP contribution in [0.2, 0.25) is 0 Å². The van der Waals surface area contributed by atoms with E-state index in [-0.39, 0.29) is 11.0 Å². The van der Waals surface area contributed by atoms with Crippen LogP contribution in [0, 0.1) is 6.92 Å². The van der Waals surface area contributed by atoms with E-state index < -0.39 is 6.10 Å². The molecule has 2 aromatic rings. The van der Waals surface area contributed by atoms with Gasteiger partial charge in [0, 0.05) is 31.4 Å². The van der Waals surface area contributed by atoms with E-state index in [1.165, 1.54) is 5.56 Å². The lowest BCUT2D eigenvalue weighted by molar-refractivity contribution is 0.187. The van der Waals surface area contributed by atoms with Gasteiger partial charge in [-0.15, -0.1) is 0 Å². The number of pyridine rings is 1. The fourth-order valence-electron chi connectivity index (χ4n) is 3.34. The van der Waals surface area contributed by atoms with Gasteiger partial charge in [-0.2, -0.15) is 0 Å². The summed E-state index contributed by atoms with van der Waals surface area (Å²) in [6.07, 6.45) is 1.18. The van der Waals surface area contributed by atoms with E-state index in [9.17, 15) is 9.90 Å². The smallest absolute Gasteiger partial charge is 0.250 e. The average Bonchev–Trinajstić information content (AvgIpc) is 2.72. The third-order valence-corrected chi connectivity index (χ3v) is 5.30. The summed E-state index contributed by atoms with van der Waals surface area (Å²) in [5.74, 6) is 0.695. The lowest BCUT2D eigenvalue weighted by Gasteiger charge is -2.20. The SMILES string of the molecule is CCNC(=NCC(O)c1ccc(C(C)(C)C)cc1)NCCCCn1c(C)cccc1=O. The Labute approximate surface area is 186 Å². The van der Waals surface area contributed by atoms with Crippen molar-refractivity contribution in [1.82, 2.24) is 15.2 Å². The molecule has 0 aliphatic heterocycles. The highest BCUT2D eigenvalue weighted by atomic mass is 16.3. The molecule has 2 rings (SSSR count). The van der Waals surface area contributed by atoms with Crippen molar-refractivity contribution < 1.29 is 5.11 Å². The molecule has 0 bridgehead atoms. The molecule has 6 heteroatoms. The van der Waals surface area contributed by atoms with Crippen LogP contribution in [0.5, 0.6) is 0 Å². The summed E-state index contributed by atoms with van der Waals surface area (Å²) in [6, 6.07) is 13.5. The topological polar surface area (TPSA) is 78.7 Å². The van der Waals surface area contributed by atoms with Gasteiger partial charge in [0.2, 0.25) is 0 Å². The Morgan fingerprint density at radius 2 is 1.81 bits per heavy atom. The molecule has 1 aromatic carbocycles. The van der Waals surface area contributed by atoms with Gasteiger partial charge >= 0.3 is 0 Å². The second-order valence-corrected chi connectivity index (χ2v) is 8.90. The first-order chi connectivity index (χ1) is 14.7. The van der Waals surface area contributed by atoms with Gasteiger partial charge in [0.1, 0.15) is 0 Å². The molecule has 0 spiro atoms. The first kappa shape index (κ1) is 24.7. The highest BCUT2D eigenvalue weighted by molar-refractivity contribution is 5.79. The monoisotopic (exact) mass is 426 g/mol. The molecular weight excluding hydrogens is 388 g/mol. The zero-order valence-corrected chi connectivity index (χ0v) is 19.6. The van der Waals surface area contributed by atoms with Gasteiger partial charge in [-0.25, -0.2) is 0 Å². The first-order valence-electron chi connectivity index (χ1n) is 11.2. The van der Waals surface area contributed by atoms with Crippen molar-refractivity contribution in [3.8, 4) is 0 Å². The number of hydrogen-bond donors (Lipinski definition) is 3. The lowest BCUT2D eigenvalue weighted by atomic mass is 9.86. The molecule has 170 valence electrons. The summed E-state index contributed by atoms with van der Waals surface area (Å²) in [5.41, 5.74) is 3.25. The predicted molar refractivity (Wildman–Crippen MR) is 129 cm³/mol. The summed E-state index contributed by atoms with van der Waals surface area (Å²) in [6.45, 7) is 13.0. The molecular formula is C25H38N4O2. The molecule has 0 amide bonds. The van der Waals surface area contributed by atoms with Crippen molar-refractivity contribution in [3.05, 3.63) is 69.6 Å². The second-order valence-electron chi connectivity index (χ2n) is 8.90. The lowest BCUT2D eigenvalue weighted by Crippen LogP contribution is -2.38. The minimum absolute atomic E-state index is 0.0485. The van der Waals surface area contributed by atoms with Crippen LogP contribution in [-0.4, -0.2) is 35.3 Å². The molecule has 31 heavy (non-hydrogen) atoms. The van der Waals surface area contributed by atoms with Crippen LogP contribution in [0.1, 0.15) is 63.5 Å². The van der Waals surface area contributed by atoms with Gasteiger partial charge < -0.3 is 20.3 Å². The van der Waals surface area contributed by atoms with Crippen molar-refractivity contribution in [2.24, 2.45) is 4.99 Å². The molecule has 0 saturated carbocycles. The molecule has 1 heterocycles. The van der Waals surface area contributed by atoms with Gasteiger partial charge in [0.05, 0.1) is 12.6 Å². The van der Waals surface area contributed by atoms with Crippen LogP contribution in [0.15, 0.2) is 52.3 Å². The molecule has 6 nitrogen and oxygen atoms in total. The number of nitrogens with zero attached hydrogens (tertiary/aromatic N) is 2. The number of aryl methyl sites for hydroxylation is 1. The summed E-state index contributed by atoms with van der Waals surface area (Å²) in [4.78, 5) is 16.5.